The largest absolute Gasteiger partial charge is 0.462 e. The van der Waals surface area contributed by atoms with Crippen LogP contribution in [-0.2, 0) is 9.53 Å². The maximum absolute atomic E-state index is 11.0. The van der Waals surface area contributed by atoms with Crippen LogP contribution in [0.1, 0.15) is 33.6 Å². The molecule has 0 amide bonds. The molecule has 0 aliphatic rings. The fraction of sp³-hybridized carbons (Fsp3) is 0.545. The minimum absolute atomic E-state index is 0.283. The van der Waals surface area contributed by atoms with E-state index in [1.165, 1.54) is 10.8 Å². The van der Waals surface area contributed by atoms with Crippen LogP contribution < -0.4 is 0 Å². The van der Waals surface area contributed by atoms with Crippen LogP contribution in [0.5, 0.6) is 0 Å². The van der Waals surface area contributed by atoms with Gasteiger partial charge in [0.15, 0.2) is 0 Å². The lowest BCUT2D eigenvalue weighted by molar-refractivity contribution is -0.139. The summed E-state index contributed by atoms with van der Waals surface area (Å²) in [6, 6.07) is 0. The number of hydrogen-bond acceptors (Lipinski definition) is 2. The molecule has 2 nitrogen and oxygen atoms in total. The Morgan fingerprint density at radius 3 is 2.36 bits per heavy atom. The Morgan fingerprint density at radius 1 is 1.36 bits per heavy atom. The van der Waals surface area contributed by atoms with E-state index in [1.807, 2.05) is 0 Å². The minimum Gasteiger partial charge on any atom is -0.462 e. The quantitative estimate of drug-likeness (QED) is 0.299. The van der Waals surface area contributed by atoms with Gasteiger partial charge in [-0.15, -0.1) is 0 Å². The number of rotatable bonds is 5. The van der Waals surface area contributed by atoms with Crippen molar-refractivity contribution in [2.24, 2.45) is 0 Å². The van der Waals surface area contributed by atoms with Crippen LogP contribution in [0.25, 0.3) is 0 Å². The second-order valence-corrected chi connectivity index (χ2v) is 5.30. The highest BCUT2D eigenvalue weighted by molar-refractivity contribution is 6.21. The van der Waals surface area contributed by atoms with E-state index in [2.05, 4.69) is 20.4 Å². The summed E-state index contributed by atoms with van der Waals surface area (Å²) in [5.41, 5.74) is 1.90. The van der Waals surface area contributed by atoms with Gasteiger partial charge < -0.3 is 4.74 Å². The molecule has 0 rings (SSSR count). The molecule has 0 saturated carbocycles. The molecule has 0 bridgehead atoms. The van der Waals surface area contributed by atoms with Gasteiger partial charge in [0.2, 0.25) is 0 Å². The molecular formula is C11H20O2Si. The van der Waals surface area contributed by atoms with Crippen LogP contribution >= 0.6 is 0 Å². The first-order valence-corrected chi connectivity index (χ1v) is 5.90. The van der Waals surface area contributed by atoms with E-state index < -0.39 is 0 Å². The topological polar surface area (TPSA) is 26.3 Å². The van der Waals surface area contributed by atoms with Gasteiger partial charge >= 0.3 is 5.97 Å². The molecule has 0 unspecified atom stereocenters. The first-order valence-electron chi connectivity index (χ1n) is 4.90. The molecule has 0 aliphatic carbocycles. The fourth-order valence-corrected chi connectivity index (χ4v) is 1.13. The standard InChI is InChI=1S/C11H20O2Si/c1-8(2)11(12)13-7-5-6-9(3)10(4)14/h1,5-7H2,2-4,14H3. The summed E-state index contributed by atoms with van der Waals surface area (Å²) < 4.78 is 4.98. The van der Waals surface area contributed by atoms with Crippen molar-refractivity contribution in [3.8, 4) is 0 Å². The molecule has 3 heteroatoms. The maximum atomic E-state index is 11.0. The maximum Gasteiger partial charge on any atom is 0.333 e. The summed E-state index contributed by atoms with van der Waals surface area (Å²) in [6.07, 6.45) is 1.93. The van der Waals surface area contributed by atoms with Crippen molar-refractivity contribution >= 4 is 16.2 Å². The lowest BCUT2D eigenvalue weighted by atomic mass is 10.1. The third-order valence-corrected chi connectivity index (χ3v) is 2.98. The van der Waals surface area contributed by atoms with Crippen molar-refractivity contribution < 1.29 is 9.53 Å². The van der Waals surface area contributed by atoms with E-state index in [4.69, 9.17) is 4.74 Å². The predicted octanol–water partition coefficient (Wildman–Crippen LogP) is 1.55. The number of ether oxygens (including phenoxy) is 1. The summed E-state index contributed by atoms with van der Waals surface area (Å²) in [5, 5.41) is 1.48. The van der Waals surface area contributed by atoms with Crippen molar-refractivity contribution in [3.05, 3.63) is 22.9 Å². The zero-order valence-electron chi connectivity index (χ0n) is 9.64. The normalized spacial score (nSPS) is 12.2. The van der Waals surface area contributed by atoms with Crippen molar-refractivity contribution in [1.29, 1.82) is 0 Å². The van der Waals surface area contributed by atoms with E-state index in [0.29, 0.717) is 12.2 Å². The van der Waals surface area contributed by atoms with Gasteiger partial charge in [-0.2, -0.15) is 0 Å². The van der Waals surface area contributed by atoms with Crippen molar-refractivity contribution in [1.82, 2.24) is 0 Å². The molecule has 80 valence electrons. The minimum atomic E-state index is -0.283. The number of allylic oxidation sites excluding steroid dienone is 2. The fourth-order valence-electron chi connectivity index (χ4n) is 0.875. The van der Waals surface area contributed by atoms with Gasteiger partial charge in [-0.1, -0.05) is 17.3 Å². The average molecular weight is 212 g/mol. The van der Waals surface area contributed by atoms with Crippen molar-refractivity contribution in [3.63, 3.8) is 0 Å². The molecule has 0 aromatic rings. The van der Waals surface area contributed by atoms with Gasteiger partial charge in [0.1, 0.15) is 0 Å². The predicted molar refractivity (Wildman–Crippen MR) is 63.3 cm³/mol. The molecule has 0 N–H and O–H groups in total. The zero-order valence-corrected chi connectivity index (χ0v) is 11.6. The Bertz CT molecular complexity index is 250. The van der Waals surface area contributed by atoms with Crippen LogP contribution in [0, 0.1) is 0 Å². The van der Waals surface area contributed by atoms with Crippen LogP contribution in [0.15, 0.2) is 22.9 Å². The lowest BCUT2D eigenvalue weighted by Crippen LogP contribution is -2.06. The molecule has 0 radical (unpaired) electrons. The third-order valence-electron chi connectivity index (χ3n) is 2.13. The van der Waals surface area contributed by atoms with Crippen LogP contribution in [0.2, 0.25) is 0 Å². The lowest BCUT2D eigenvalue weighted by Gasteiger charge is -2.05. The highest BCUT2D eigenvalue weighted by atomic mass is 28.1. The second kappa shape index (κ2) is 6.60. The van der Waals surface area contributed by atoms with Crippen LogP contribution in [0.4, 0.5) is 0 Å². The van der Waals surface area contributed by atoms with Crippen LogP contribution in [-0.4, -0.2) is 22.8 Å². The molecule has 0 aliphatic heterocycles. The van der Waals surface area contributed by atoms with Gasteiger partial charge in [-0.05, 0) is 33.6 Å². The van der Waals surface area contributed by atoms with Crippen molar-refractivity contribution in [2.75, 3.05) is 6.61 Å². The van der Waals surface area contributed by atoms with E-state index >= 15 is 0 Å². The van der Waals surface area contributed by atoms with Crippen molar-refractivity contribution in [2.45, 2.75) is 33.6 Å². The number of hydrogen-bond donors (Lipinski definition) is 0. The highest BCUT2D eigenvalue weighted by Gasteiger charge is 2.02. The van der Waals surface area contributed by atoms with E-state index in [0.717, 1.165) is 23.1 Å². The average Bonchev–Trinajstić information content (AvgIpc) is 2.11. The monoisotopic (exact) mass is 212 g/mol. The molecule has 0 atom stereocenters. The third kappa shape index (κ3) is 5.75. The molecule has 0 fully saturated rings. The molecule has 0 heterocycles. The van der Waals surface area contributed by atoms with E-state index in [1.54, 1.807) is 6.92 Å². The summed E-state index contributed by atoms with van der Waals surface area (Å²) in [5.74, 6) is -0.283. The Labute approximate surface area is 89.5 Å². The summed E-state index contributed by atoms with van der Waals surface area (Å²) in [6.45, 7) is 9.97. The number of carbonyl (C=O) groups is 1. The Hall–Kier alpha value is -0.833. The molecule has 0 aromatic carbocycles. The Kier molecular flexibility index (Phi) is 6.20. The van der Waals surface area contributed by atoms with Gasteiger partial charge in [0.25, 0.3) is 0 Å². The summed E-state index contributed by atoms with van der Waals surface area (Å²) in [4.78, 5) is 11.0. The Balaban J connectivity index is 3.63. The van der Waals surface area contributed by atoms with Crippen LogP contribution in [0.3, 0.4) is 0 Å². The molecular weight excluding hydrogens is 192 g/mol. The van der Waals surface area contributed by atoms with E-state index in [9.17, 15) is 4.79 Å². The highest BCUT2D eigenvalue weighted by Crippen LogP contribution is 2.07. The smallest absolute Gasteiger partial charge is 0.333 e. The number of carbonyl (C=O) groups excluding carboxylic acids is 1. The molecule has 14 heavy (non-hydrogen) atoms. The van der Waals surface area contributed by atoms with Gasteiger partial charge in [0.05, 0.1) is 6.61 Å². The van der Waals surface area contributed by atoms with Gasteiger partial charge in [-0.25, -0.2) is 4.79 Å². The molecule has 0 saturated heterocycles. The summed E-state index contributed by atoms with van der Waals surface area (Å²) in [7, 11) is 1.12. The SMILES string of the molecule is C=C(C)C(=O)OCCCC(C)=C(C)[SiH3]. The second-order valence-electron chi connectivity index (χ2n) is 3.80. The number of esters is 1. The zero-order chi connectivity index (χ0) is 11.1. The van der Waals surface area contributed by atoms with Gasteiger partial charge in [-0.3, -0.25) is 0 Å². The van der Waals surface area contributed by atoms with Gasteiger partial charge in [0, 0.05) is 15.8 Å². The first kappa shape index (κ1) is 13.2. The first-order chi connectivity index (χ1) is 6.45. The van der Waals surface area contributed by atoms with E-state index in [-0.39, 0.29) is 5.97 Å². The summed E-state index contributed by atoms with van der Waals surface area (Å²) >= 11 is 0. The molecule has 0 aromatic heterocycles. The molecule has 0 spiro atoms. The Morgan fingerprint density at radius 2 is 1.93 bits per heavy atom.